The van der Waals surface area contributed by atoms with Gasteiger partial charge >= 0.3 is 5.97 Å². The summed E-state index contributed by atoms with van der Waals surface area (Å²) in [5.74, 6) is -0.530. The van der Waals surface area contributed by atoms with E-state index in [9.17, 15) is 19.8 Å². The van der Waals surface area contributed by atoms with Gasteiger partial charge in [0.15, 0.2) is 5.60 Å². The maximum atomic E-state index is 13.3. The van der Waals surface area contributed by atoms with Gasteiger partial charge in [0.1, 0.15) is 5.75 Å². The predicted molar refractivity (Wildman–Crippen MR) is 169 cm³/mol. The standard InChI is InChI=1S/C35H43ClN2O6/c1-22-6-12-30(43-3)27-10-7-24(27)19-38-20-34(14-4-5-23-15-26(36)9-11-28(23)34)21-44-31-13-8-25(16-29(31)38)35(42,33(40)41)17-32(39)37(2)18-22/h6,8-9,11-13,15-16,22,24,27,30,42H,4-5,7,10,14,17-21H2,1-3H3,(H,40,41)/b12-6+/t22-,24+,27-,30+,34+,35+/m1/s1. The lowest BCUT2D eigenvalue weighted by atomic mass is 9.68. The van der Waals surface area contributed by atoms with E-state index in [-0.39, 0.29) is 23.0 Å². The number of aryl methyl sites for hydroxylation is 1. The number of carboxylic acids is 1. The number of ether oxygens (including phenoxy) is 2. The number of amides is 1. The zero-order valence-corrected chi connectivity index (χ0v) is 26.6. The molecule has 44 heavy (non-hydrogen) atoms. The van der Waals surface area contributed by atoms with Crippen LogP contribution < -0.4 is 9.64 Å². The fourth-order valence-corrected chi connectivity index (χ4v) is 8.05. The van der Waals surface area contributed by atoms with Crippen LogP contribution in [0, 0.1) is 17.8 Å². The summed E-state index contributed by atoms with van der Waals surface area (Å²) in [6, 6.07) is 11.3. The SMILES string of the molecule is CO[C@H]1/C=C/[C@@H](C)CN(C)C(=O)C[C@@](O)(C(=O)O)c2ccc3c(c2)N(C[C@@H]2CC[C@H]21)C[C@@]1(CCCc2cc(Cl)ccc21)CO3. The van der Waals surface area contributed by atoms with Gasteiger partial charge in [0.2, 0.25) is 5.91 Å². The van der Waals surface area contributed by atoms with Crippen LogP contribution in [0.25, 0.3) is 0 Å². The number of halogens is 1. The molecule has 6 atom stereocenters. The first-order valence-corrected chi connectivity index (χ1v) is 16.1. The van der Waals surface area contributed by atoms with Gasteiger partial charge in [-0.3, -0.25) is 4.79 Å². The molecule has 2 heterocycles. The van der Waals surface area contributed by atoms with Crippen molar-refractivity contribution < 1.29 is 29.3 Å². The van der Waals surface area contributed by atoms with Crippen molar-refractivity contribution in [2.45, 2.75) is 62.6 Å². The summed E-state index contributed by atoms with van der Waals surface area (Å²) < 4.78 is 12.6. The monoisotopic (exact) mass is 622 g/mol. The Balaban J connectivity index is 1.47. The molecule has 1 saturated carbocycles. The number of carbonyl (C=O) groups excluding carboxylic acids is 1. The Bertz CT molecular complexity index is 1460. The van der Waals surface area contributed by atoms with Gasteiger partial charge in [-0.25, -0.2) is 4.79 Å². The van der Waals surface area contributed by atoms with Gasteiger partial charge in [-0.05, 0) is 90.8 Å². The highest BCUT2D eigenvalue weighted by Crippen LogP contribution is 2.47. The second kappa shape index (κ2) is 12.0. The largest absolute Gasteiger partial charge is 0.490 e. The number of nitrogens with zero attached hydrogens (tertiary/aromatic N) is 2. The maximum Gasteiger partial charge on any atom is 0.340 e. The average molecular weight is 623 g/mol. The summed E-state index contributed by atoms with van der Waals surface area (Å²) in [5.41, 5.74) is 0.746. The van der Waals surface area contributed by atoms with Crippen molar-refractivity contribution in [1.82, 2.24) is 4.90 Å². The van der Waals surface area contributed by atoms with Crippen molar-refractivity contribution in [2.75, 3.05) is 45.3 Å². The number of carboxylic acid groups (broad SMARTS) is 1. The third-order valence-electron chi connectivity index (χ3n) is 10.5. The summed E-state index contributed by atoms with van der Waals surface area (Å²) in [4.78, 5) is 29.8. The van der Waals surface area contributed by atoms with Crippen molar-refractivity contribution in [3.05, 3.63) is 70.3 Å². The van der Waals surface area contributed by atoms with Crippen molar-refractivity contribution >= 4 is 29.2 Å². The van der Waals surface area contributed by atoms with Gasteiger partial charge in [0.25, 0.3) is 0 Å². The molecule has 2 aromatic rings. The molecule has 4 aliphatic rings. The summed E-state index contributed by atoms with van der Waals surface area (Å²) in [6.45, 7) is 4.32. The molecule has 2 bridgehead atoms. The van der Waals surface area contributed by atoms with Gasteiger partial charge in [-0.2, -0.15) is 0 Å². The minimum atomic E-state index is -2.39. The van der Waals surface area contributed by atoms with E-state index >= 15 is 0 Å². The number of aliphatic hydroxyl groups is 1. The molecule has 8 nitrogen and oxygen atoms in total. The van der Waals surface area contributed by atoms with E-state index < -0.39 is 23.9 Å². The molecule has 2 aliphatic carbocycles. The van der Waals surface area contributed by atoms with Gasteiger partial charge in [0, 0.05) is 44.2 Å². The number of methoxy groups -OCH3 is 1. The number of anilines is 1. The number of benzene rings is 2. The summed E-state index contributed by atoms with van der Waals surface area (Å²) in [7, 11) is 3.41. The first-order chi connectivity index (χ1) is 21.0. The molecule has 0 aromatic heterocycles. The Labute approximate surface area is 264 Å². The molecular weight excluding hydrogens is 580 g/mol. The smallest absolute Gasteiger partial charge is 0.340 e. The number of carbonyl (C=O) groups is 2. The van der Waals surface area contributed by atoms with E-state index in [1.54, 1.807) is 32.4 Å². The van der Waals surface area contributed by atoms with E-state index in [1.165, 1.54) is 16.0 Å². The lowest BCUT2D eigenvalue weighted by Gasteiger charge is -2.46. The Hall–Kier alpha value is -3.07. The molecule has 1 spiro atoms. The second-order valence-electron chi connectivity index (χ2n) is 13.5. The molecule has 9 heteroatoms. The van der Waals surface area contributed by atoms with E-state index in [4.69, 9.17) is 21.1 Å². The van der Waals surface area contributed by atoms with Crippen LogP contribution in [0.1, 0.15) is 55.7 Å². The topological polar surface area (TPSA) is 99.5 Å². The second-order valence-corrected chi connectivity index (χ2v) is 13.9. The van der Waals surface area contributed by atoms with Crippen molar-refractivity contribution in [1.29, 1.82) is 0 Å². The van der Waals surface area contributed by atoms with Crippen LogP contribution in [-0.2, 0) is 31.8 Å². The summed E-state index contributed by atoms with van der Waals surface area (Å²) >= 11 is 6.41. The molecule has 0 saturated heterocycles. The highest BCUT2D eigenvalue weighted by molar-refractivity contribution is 6.30. The third kappa shape index (κ3) is 5.61. The van der Waals surface area contributed by atoms with E-state index in [1.807, 2.05) is 13.0 Å². The predicted octanol–water partition coefficient (Wildman–Crippen LogP) is 5.18. The lowest BCUT2D eigenvalue weighted by molar-refractivity contribution is -0.164. The van der Waals surface area contributed by atoms with Crippen LogP contribution in [0.4, 0.5) is 5.69 Å². The highest BCUT2D eigenvalue weighted by Gasteiger charge is 2.46. The molecular formula is C35H43ClN2O6. The molecule has 236 valence electrons. The molecule has 1 amide bonds. The molecule has 0 radical (unpaired) electrons. The van der Waals surface area contributed by atoms with Crippen LogP contribution in [0.2, 0.25) is 5.02 Å². The highest BCUT2D eigenvalue weighted by atomic mass is 35.5. The van der Waals surface area contributed by atoms with E-state index in [0.29, 0.717) is 37.3 Å². The molecule has 0 unspecified atom stereocenters. The quantitative estimate of drug-likeness (QED) is 0.445. The first kappa shape index (κ1) is 30.9. The van der Waals surface area contributed by atoms with Crippen LogP contribution >= 0.6 is 11.6 Å². The zero-order chi connectivity index (χ0) is 31.2. The molecule has 2 N–H and O–H groups in total. The van der Waals surface area contributed by atoms with Gasteiger partial charge in [0.05, 0.1) is 24.8 Å². The van der Waals surface area contributed by atoms with Gasteiger partial charge in [-0.1, -0.05) is 42.8 Å². The number of rotatable bonds is 2. The van der Waals surface area contributed by atoms with Crippen molar-refractivity contribution in [2.24, 2.45) is 17.8 Å². The lowest BCUT2D eigenvalue weighted by Crippen LogP contribution is -2.49. The minimum absolute atomic E-state index is 0.0272. The Kier molecular flexibility index (Phi) is 8.46. The van der Waals surface area contributed by atoms with Gasteiger partial charge in [-0.15, -0.1) is 0 Å². The number of aliphatic carboxylic acids is 1. The molecule has 2 aliphatic heterocycles. The summed E-state index contributed by atoms with van der Waals surface area (Å²) in [6.07, 6.45) is 8.66. The summed E-state index contributed by atoms with van der Waals surface area (Å²) in [5, 5.41) is 22.7. The fourth-order valence-electron chi connectivity index (χ4n) is 7.85. The Morgan fingerprint density at radius 1 is 1.14 bits per heavy atom. The zero-order valence-electron chi connectivity index (χ0n) is 25.8. The normalized spacial score (nSPS) is 33.0. The molecule has 2 aromatic carbocycles. The van der Waals surface area contributed by atoms with E-state index in [0.717, 1.165) is 49.4 Å². The number of fused-ring (bicyclic) bond motifs is 4. The average Bonchev–Trinajstić information content (AvgIpc) is 3.13. The van der Waals surface area contributed by atoms with Crippen LogP contribution in [0.15, 0.2) is 48.6 Å². The first-order valence-electron chi connectivity index (χ1n) is 15.7. The van der Waals surface area contributed by atoms with Crippen molar-refractivity contribution in [3.8, 4) is 5.75 Å². The molecule has 6 rings (SSSR count). The van der Waals surface area contributed by atoms with Crippen LogP contribution in [0.5, 0.6) is 5.75 Å². The van der Waals surface area contributed by atoms with Gasteiger partial charge < -0.3 is 29.5 Å². The molecule has 1 fully saturated rings. The maximum absolute atomic E-state index is 13.3. The third-order valence-corrected chi connectivity index (χ3v) is 10.8. The number of hydrogen-bond donors (Lipinski definition) is 2. The van der Waals surface area contributed by atoms with Crippen molar-refractivity contribution in [3.63, 3.8) is 0 Å². The Morgan fingerprint density at radius 2 is 1.95 bits per heavy atom. The Morgan fingerprint density at radius 3 is 2.68 bits per heavy atom. The van der Waals surface area contributed by atoms with Crippen LogP contribution in [-0.4, -0.2) is 73.5 Å². The fraction of sp³-hybridized carbons (Fsp3) is 0.543. The van der Waals surface area contributed by atoms with E-state index in [2.05, 4.69) is 29.2 Å². The minimum Gasteiger partial charge on any atom is -0.490 e. The van der Waals surface area contributed by atoms with Crippen LogP contribution in [0.3, 0.4) is 0 Å². The number of hydrogen-bond acceptors (Lipinski definition) is 6.